The van der Waals surface area contributed by atoms with Crippen molar-refractivity contribution < 1.29 is 4.79 Å². The smallest absolute Gasteiger partial charge is 0.268 e. The third kappa shape index (κ3) is 2.73. The fourth-order valence-corrected chi connectivity index (χ4v) is 1.87. The summed E-state index contributed by atoms with van der Waals surface area (Å²) in [4.78, 5) is 27.6. The van der Waals surface area contributed by atoms with Crippen LogP contribution in [0.2, 0.25) is 0 Å². The summed E-state index contributed by atoms with van der Waals surface area (Å²) in [5.41, 5.74) is 1.42. The van der Waals surface area contributed by atoms with Crippen LogP contribution in [0.15, 0.2) is 46.1 Å². The number of aryl methyl sites for hydroxylation is 1. The molecule has 0 fully saturated rings. The molecule has 2 rings (SSSR count). The normalized spacial score (nSPS) is 10.3. The van der Waals surface area contributed by atoms with E-state index in [9.17, 15) is 9.59 Å². The third-order valence-electron chi connectivity index (χ3n) is 2.55. The monoisotopic (exact) mass is 306 g/mol. The molecule has 0 unspecified atom stereocenters. The fraction of sp³-hybridized carbons (Fsp3) is 0.154. The molecule has 0 aliphatic carbocycles. The zero-order chi connectivity index (χ0) is 13.1. The molecule has 0 bridgehead atoms. The topological polar surface area (TPSA) is 52.0 Å². The molecule has 0 spiro atoms. The number of carbonyl (C=O) groups is 1. The lowest BCUT2D eigenvalue weighted by molar-refractivity contribution is 0.0970. The van der Waals surface area contributed by atoms with E-state index < -0.39 is 0 Å². The number of nitrogens with zero attached hydrogens (tertiary/aromatic N) is 2. The predicted octanol–water partition coefficient (Wildman–Crippen LogP) is 2.20. The van der Waals surface area contributed by atoms with Crippen LogP contribution in [0.4, 0.5) is 0 Å². The fourth-order valence-electron chi connectivity index (χ4n) is 1.52. The zero-order valence-corrected chi connectivity index (χ0v) is 11.3. The molecule has 1 aromatic carbocycles. The van der Waals surface area contributed by atoms with Gasteiger partial charge in [-0.3, -0.25) is 14.2 Å². The summed E-state index contributed by atoms with van der Waals surface area (Å²) in [5.74, 6) is -0.114. The average molecular weight is 307 g/mol. The van der Waals surface area contributed by atoms with Gasteiger partial charge in [0.25, 0.3) is 5.56 Å². The number of halogens is 1. The highest BCUT2D eigenvalue weighted by atomic mass is 79.9. The van der Waals surface area contributed by atoms with Gasteiger partial charge in [0.05, 0.1) is 12.9 Å². The Kier molecular flexibility index (Phi) is 3.72. The number of hydrogen-bond donors (Lipinski definition) is 0. The van der Waals surface area contributed by atoms with Crippen LogP contribution in [0.25, 0.3) is 0 Å². The molecule has 2 aromatic rings. The quantitative estimate of drug-likeness (QED) is 0.817. The van der Waals surface area contributed by atoms with Gasteiger partial charge in [0.15, 0.2) is 5.78 Å². The number of aromatic nitrogens is 2. The van der Waals surface area contributed by atoms with E-state index in [2.05, 4.69) is 20.9 Å². The number of rotatable bonds is 3. The van der Waals surface area contributed by atoms with Crippen molar-refractivity contribution in [3.05, 3.63) is 62.7 Å². The molecule has 0 amide bonds. The first kappa shape index (κ1) is 12.7. The molecular formula is C13H11BrN2O2. The number of carbonyl (C=O) groups excluding carboxylic acids is 1. The van der Waals surface area contributed by atoms with Crippen molar-refractivity contribution in [1.82, 2.24) is 9.55 Å². The molecule has 0 saturated heterocycles. The van der Waals surface area contributed by atoms with Gasteiger partial charge in [0.1, 0.15) is 4.47 Å². The highest BCUT2D eigenvalue weighted by Crippen LogP contribution is 2.05. The van der Waals surface area contributed by atoms with Crippen molar-refractivity contribution in [2.24, 2.45) is 0 Å². The minimum atomic E-state index is -0.259. The van der Waals surface area contributed by atoms with Crippen molar-refractivity contribution in [3.63, 3.8) is 0 Å². The summed E-state index contributed by atoms with van der Waals surface area (Å²) >= 11 is 3.09. The van der Waals surface area contributed by atoms with Gasteiger partial charge in [0, 0.05) is 11.8 Å². The van der Waals surface area contributed by atoms with Crippen LogP contribution in [-0.2, 0) is 6.54 Å². The molecule has 4 nitrogen and oxygen atoms in total. The second-order valence-corrected chi connectivity index (χ2v) is 4.82. The number of hydrogen-bond acceptors (Lipinski definition) is 3. The first-order valence-corrected chi connectivity index (χ1v) is 6.17. The Morgan fingerprint density at radius 3 is 2.67 bits per heavy atom. The van der Waals surface area contributed by atoms with Crippen molar-refractivity contribution in [3.8, 4) is 0 Å². The highest BCUT2D eigenvalue weighted by Gasteiger charge is 2.08. The molecule has 92 valence electrons. The maximum absolute atomic E-state index is 12.0. The minimum Gasteiger partial charge on any atom is -0.292 e. The Morgan fingerprint density at radius 2 is 2.00 bits per heavy atom. The van der Waals surface area contributed by atoms with Crippen LogP contribution in [0.5, 0.6) is 0 Å². The molecule has 0 aliphatic rings. The van der Waals surface area contributed by atoms with Crippen LogP contribution >= 0.6 is 15.9 Å². The van der Waals surface area contributed by atoms with Crippen molar-refractivity contribution >= 4 is 21.7 Å². The molecule has 1 aromatic heterocycles. The lowest BCUT2D eigenvalue weighted by Crippen LogP contribution is -2.24. The maximum Gasteiger partial charge on any atom is 0.268 e. The van der Waals surface area contributed by atoms with E-state index in [1.54, 1.807) is 12.1 Å². The van der Waals surface area contributed by atoms with Gasteiger partial charge in [-0.25, -0.2) is 4.98 Å². The van der Waals surface area contributed by atoms with E-state index in [-0.39, 0.29) is 17.9 Å². The molecule has 0 radical (unpaired) electrons. The molecule has 0 saturated carbocycles. The highest BCUT2D eigenvalue weighted by molar-refractivity contribution is 9.10. The lowest BCUT2D eigenvalue weighted by atomic mass is 10.1. The van der Waals surface area contributed by atoms with E-state index in [0.29, 0.717) is 10.0 Å². The number of benzene rings is 1. The Morgan fingerprint density at radius 1 is 1.33 bits per heavy atom. The number of Topliss-reactive ketones (excluding diaryl/α,β-unsaturated/α-hetero) is 1. The van der Waals surface area contributed by atoms with Crippen LogP contribution in [0, 0.1) is 6.92 Å². The van der Waals surface area contributed by atoms with E-state index >= 15 is 0 Å². The second kappa shape index (κ2) is 5.27. The second-order valence-electron chi connectivity index (χ2n) is 3.96. The first-order valence-electron chi connectivity index (χ1n) is 5.38. The molecular weight excluding hydrogens is 296 g/mol. The Bertz CT molecular complexity index is 632. The molecule has 0 aliphatic heterocycles. The van der Waals surface area contributed by atoms with E-state index in [1.165, 1.54) is 17.1 Å². The molecule has 18 heavy (non-hydrogen) atoms. The molecule has 5 heteroatoms. The van der Waals surface area contributed by atoms with E-state index in [4.69, 9.17) is 0 Å². The van der Waals surface area contributed by atoms with Crippen LogP contribution in [0.3, 0.4) is 0 Å². The largest absolute Gasteiger partial charge is 0.292 e. The van der Waals surface area contributed by atoms with Gasteiger partial charge in [-0.2, -0.15) is 0 Å². The Labute approximate surface area is 112 Å². The van der Waals surface area contributed by atoms with Gasteiger partial charge in [-0.1, -0.05) is 29.8 Å². The number of ketones is 1. The summed E-state index contributed by atoms with van der Waals surface area (Å²) in [6.07, 6.45) is 2.77. The third-order valence-corrected chi connectivity index (χ3v) is 3.09. The van der Waals surface area contributed by atoms with Crippen LogP contribution in [-0.4, -0.2) is 15.3 Å². The SMILES string of the molecule is Cc1ccc(C(=O)Cn2cncc(Br)c2=O)cc1. The minimum absolute atomic E-state index is 0.00562. The Balaban J connectivity index is 2.24. The predicted molar refractivity (Wildman–Crippen MR) is 71.7 cm³/mol. The summed E-state index contributed by atoms with van der Waals surface area (Å²) in [7, 11) is 0. The van der Waals surface area contributed by atoms with Gasteiger partial charge in [-0.15, -0.1) is 0 Å². The van der Waals surface area contributed by atoms with Crippen LogP contribution in [0.1, 0.15) is 15.9 Å². The summed E-state index contributed by atoms with van der Waals surface area (Å²) in [5, 5.41) is 0. The van der Waals surface area contributed by atoms with Gasteiger partial charge in [-0.05, 0) is 22.9 Å². The summed E-state index contributed by atoms with van der Waals surface area (Å²) in [6.45, 7) is 1.95. The standard InChI is InChI=1S/C13H11BrN2O2/c1-9-2-4-10(5-3-9)12(17)7-16-8-15-6-11(14)13(16)18/h2-6,8H,7H2,1H3. The molecule has 0 N–H and O–H groups in total. The maximum atomic E-state index is 12.0. The van der Waals surface area contributed by atoms with Gasteiger partial charge in [0.2, 0.25) is 0 Å². The zero-order valence-electron chi connectivity index (χ0n) is 9.76. The van der Waals surface area contributed by atoms with Crippen LogP contribution < -0.4 is 5.56 Å². The first-order chi connectivity index (χ1) is 8.58. The average Bonchev–Trinajstić information content (AvgIpc) is 2.36. The lowest BCUT2D eigenvalue weighted by Gasteiger charge is -2.05. The van der Waals surface area contributed by atoms with Crippen molar-refractivity contribution in [2.75, 3.05) is 0 Å². The summed E-state index contributed by atoms with van der Waals surface area (Å²) in [6, 6.07) is 7.26. The Hall–Kier alpha value is -1.75. The van der Waals surface area contributed by atoms with Crippen molar-refractivity contribution in [1.29, 1.82) is 0 Å². The summed E-state index contributed by atoms with van der Waals surface area (Å²) < 4.78 is 1.63. The molecule has 1 heterocycles. The molecule has 0 atom stereocenters. The van der Waals surface area contributed by atoms with E-state index in [1.807, 2.05) is 19.1 Å². The van der Waals surface area contributed by atoms with Gasteiger partial charge < -0.3 is 0 Å². The van der Waals surface area contributed by atoms with Crippen molar-refractivity contribution in [2.45, 2.75) is 13.5 Å². The van der Waals surface area contributed by atoms with E-state index in [0.717, 1.165) is 5.56 Å². The van der Waals surface area contributed by atoms with Gasteiger partial charge >= 0.3 is 0 Å².